The lowest BCUT2D eigenvalue weighted by molar-refractivity contribution is -0.121. The van der Waals surface area contributed by atoms with Crippen molar-refractivity contribution in [3.05, 3.63) is 35.0 Å². The molecule has 1 atom stereocenters. The molecular formula is C19H27N3O3S. The van der Waals surface area contributed by atoms with Gasteiger partial charge in [-0.15, -0.1) is 0 Å². The van der Waals surface area contributed by atoms with Gasteiger partial charge in [-0.05, 0) is 50.6 Å². The number of carbonyl (C=O) groups excluding carboxylic acids is 1. The molecule has 0 saturated carbocycles. The number of benzene rings is 1. The minimum Gasteiger partial charge on any atom is -0.358 e. The number of H-pyrrole nitrogens is 1. The monoisotopic (exact) mass is 377 g/mol. The average molecular weight is 378 g/mol. The Morgan fingerprint density at radius 2 is 2.12 bits per heavy atom. The van der Waals surface area contributed by atoms with Gasteiger partial charge in [0.1, 0.15) is 0 Å². The van der Waals surface area contributed by atoms with Crippen molar-refractivity contribution in [1.29, 1.82) is 0 Å². The summed E-state index contributed by atoms with van der Waals surface area (Å²) in [5, 5.41) is 4.15. The number of aryl methyl sites for hydroxylation is 2. The topological polar surface area (TPSA) is 82.3 Å². The number of aromatic amines is 1. The van der Waals surface area contributed by atoms with Crippen LogP contribution >= 0.6 is 0 Å². The smallest absolute Gasteiger partial charge is 0.221 e. The molecule has 1 amide bonds. The number of amides is 1. The number of aromatic nitrogens is 1. The van der Waals surface area contributed by atoms with Gasteiger partial charge >= 0.3 is 0 Å². The molecular weight excluding hydrogens is 350 g/mol. The lowest BCUT2D eigenvalue weighted by Gasteiger charge is -2.22. The molecule has 0 spiro atoms. The van der Waals surface area contributed by atoms with Crippen LogP contribution in [-0.2, 0) is 21.2 Å². The molecule has 1 saturated heterocycles. The average Bonchev–Trinajstić information content (AvgIpc) is 3.10. The zero-order valence-electron chi connectivity index (χ0n) is 15.6. The zero-order chi connectivity index (χ0) is 18.9. The largest absolute Gasteiger partial charge is 0.358 e. The number of nitrogens with zero attached hydrogens (tertiary/aromatic N) is 1. The molecule has 0 radical (unpaired) electrons. The summed E-state index contributed by atoms with van der Waals surface area (Å²) >= 11 is 0. The van der Waals surface area contributed by atoms with Gasteiger partial charge in [-0.2, -0.15) is 0 Å². The fourth-order valence-electron chi connectivity index (χ4n) is 3.49. The van der Waals surface area contributed by atoms with Gasteiger partial charge in [0, 0.05) is 42.1 Å². The second kappa shape index (κ2) is 7.40. The Balaban J connectivity index is 1.49. The van der Waals surface area contributed by atoms with Crippen LogP contribution < -0.4 is 5.32 Å². The lowest BCUT2D eigenvalue weighted by Crippen LogP contribution is -2.36. The molecule has 1 aliphatic rings. The van der Waals surface area contributed by atoms with Gasteiger partial charge in [0.15, 0.2) is 9.84 Å². The predicted octanol–water partition coefficient (Wildman–Crippen LogP) is 1.91. The third kappa shape index (κ3) is 4.27. The summed E-state index contributed by atoms with van der Waals surface area (Å²) in [6, 6.07) is 6.22. The minimum atomic E-state index is -2.89. The van der Waals surface area contributed by atoms with E-state index < -0.39 is 9.84 Å². The third-order valence-corrected chi connectivity index (χ3v) is 7.14. The molecule has 1 unspecified atom stereocenters. The second-order valence-corrected chi connectivity index (χ2v) is 9.55. The van der Waals surface area contributed by atoms with Crippen LogP contribution in [0.4, 0.5) is 0 Å². The standard InChI is InChI=1S/C19H27N3O3S/c1-13-14(2)21-18-5-4-15(10-17(13)18)11-20-19(23)6-8-22(3)16-7-9-26(24,25)12-16/h4-5,10,16,21H,6-9,11-12H2,1-3H3,(H,20,23). The van der Waals surface area contributed by atoms with Crippen LogP contribution in [0.15, 0.2) is 18.2 Å². The molecule has 142 valence electrons. The van der Waals surface area contributed by atoms with E-state index in [0.29, 0.717) is 25.9 Å². The first-order chi connectivity index (χ1) is 12.2. The molecule has 6 nitrogen and oxygen atoms in total. The molecule has 2 heterocycles. The van der Waals surface area contributed by atoms with Crippen molar-refractivity contribution in [3.63, 3.8) is 0 Å². The first-order valence-electron chi connectivity index (χ1n) is 9.00. The van der Waals surface area contributed by atoms with Crippen LogP contribution in [0, 0.1) is 13.8 Å². The second-order valence-electron chi connectivity index (χ2n) is 7.32. The van der Waals surface area contributed by atoms with Crippen molar-refractivity contribution < 1.29 is 13.2 Å². The normalized spacial score (nSPS) is 19.3. The SMILES string of the molecule is Cc1[nH]c2ccc(CNC(=O)CCN(C)C3CCS(=O)(=O)C3)cc2c1C. The van der Waals surface area contributed by atoms with Gasteiger partial charge in [0.2, 0.25) is 5.91 Å². The lowest BCUT2D eigenvalue weighted by atomic mass is 10.1. The van der Waals surface area contributed by atoms with Crippen LogP contribution in [0.5, 0.6) is 0 Å². The molecule has 7 heteroatoms. The maximum Gasteiger partial charge on any atom is 0.221 e. The summed E-state index contributed by atoms with van der Waals surface area (Å²) in [5.74, 6) is 0.453. The number of sulfone groups is 1. The highest BCUT2D eigenvalue weighted by Gasteiger charge is 2.30. The van der Waals surface area contributed by atoms with Crippen LogP contribution in [0.25, 0.3) is 10.9 Å². The molecule has 2 aromatic rings. The van der Waals surface area contributed by atoms with E-state index in [0.717, 1.165) is 16.8 Å². The van der Waals surface area contributed by atoms with Crippen molar-refractivity contribution in [2.45, 2.75) is 39.3 Å². The molecule has 1 fully saturated rings. The molecule has 2 N–H and O–H groups in total. The molecule has 0 bridgehead atoms. The van der Waals surface area contributed by atoms with E-state index in [4.69, 9.17) is 0 Å². The maximum absolute atomic E-state index is 12.1. The molecule has 3 rings (SSSR count). The summed E-state index contributed by atoms with van der Waals surface area (Å²) in [4.78, 5) is 17.5. The van der Waals surface area contributed by atoms with Crippen LogP contribution in [0.1, 0.15) is 29.7 Å². The number of carbonyl (C=O) groups is 1. The van der Waals surface area contributed by atoms with E-state index in [1.807, 2.05) is 24.1 Å². The van der Waals surface area contributed by atoms with E-state index in [-0.39, 0.29) is 23.5 Å². The van der Waals surface area contributed by atoms with Gasteiger partial charge < -0.3 is 15.2 Å². The highest BCUT2D eigenvalue weighted by atomic mass is 32.2. The van der Waals surface area contributed by atoms with Gasteiger partial charge in [0.05, 0.1) is 11.5 Å². The van der Waals surface area contributed by atoms with E-state index >= 15 is 0 Å². The Morgan fingerprint density at radius 3 is 2.81 bits per heavy atom. The summed E-state index contributed by atoms with van der Waals surface area (Å²) < 4.78 is 23.1. The minimum absolute atomic E-state index is 0.0141. The van der Waals surface area contributed by atoms with Crippen molar-refractivity contribution in [2.75, 3.05) is 25.1 Å². The van der Waals surface area contributed by atoms with Gasteiger partial charge in [0.25, 0.3) is 0 Å². The number of fused-ring (bicyclic) bond motifs is 1. The van der Waals surface area contributed by atoms with Crippen molar-refractivity contribution in [3.8, 4) is 0 Å². The van der Waals surface area contributed by atoms with Crippen LogP contribution in [0.3, 0.4) is 0 Å². The first kappa shape index (κ1) is 18.9. The zero-order valence-corrected chi connectivity index (χ0v) is 16.4. The first-order valence-corrected chi connectivity index (χ1v) is 10.8. The van der Waals surface area contributed by atoms with Gasteiger partial charge in [-0.1, -0.05) is 6.07 Å². The van der Waals surface area contributed by atoms with Crippen LogP contribution in [0.2, 0.25) is 0 Å². The molecule has 1 aromatic heterocycles. The Morgan fingerprint density at radius 1 is 1.35 bits per heavy atom. The van der Waals surface area contributed by atoms with Gasteiger partial charge in [-0.25, -0.2) is 8.42 Å². The number of hydrogen-bond acceptors (Lipinski definition) is 4. The Labute approximate surface area is 154 Å². The van der Waals surface area contributed by atoms with E-state index in [2.05, 4.69) is 30.2 Å². The number of rotatable bonds is 6. The van der Waals surface area contributed by atoms with Crippen molar-refractivity contribution >= 4 is 26.6 Å². The van der Waals surface area contributed by atoms with Gasteiger partial charge in [-0.3, -0.25) is 4.79 Å². The molecule has 26 heavy (non-hydrogen) atoms. The predicted molar refractivity (Wildman–Crippen MR) is 104 cm³/mol. The summed E-state index contributed by atoms with van der Waals surface area (Å²) in [5.41, 5.74) is 4.59. The summed E-state index contributed by atoms with van der Waals surface area (Å²) in [6.45, 7) is 5.22. The molecule has 0 aliphatic carbocycles. The van der Waals surface area contributed by atoms with Crippen LogP contribution in [-0.4, -0.2) is 55.3 Å². The van der Waals surface area contributed by atoms with E-state index in [1.165, 1.54) is 10.9 Å². The molecule has 1 aliphatic heterocycles. The Kier molecular flexibility index (Phi) is 5.39. The highest BCUT2D eigenvalue weighted by molar-refractivity contribution is 7.91. The fourth-order valence-corrected chi connectivity index (χ4v) is 5.30. The summed E-state index contributed by atoms with van der Waals surface area (Å²) in [6.07, 6.45) is 1.04. The Hall–Kier alpha value is -1.86. The third-order valence-electron chi connectivity index (χ3n) is 5.39. The Bertz CT molecular complexity index is 917. The molecule has 1 aromatic carbocycles. The number of nitrogens with one attached hydrogen (secondary N) is 2. The maximum atomic E-state index is 12.1. The fraction of sp³-hybridized carbons (Fsp3) is 0.526. The van der Waals surface area contributed by atoms with E-state index in [1.54, 1.807) is 0 Å². The summed E-state index contributed by atoms with van der Waals surface area (Å²) in [7, 11) is -0.997. The van der Waals surface area contributed by atoms with Crippen molar-refractivity contribution in [2.24, 2.45) is 0 Å². The van der Waals surface area contributed by atoms with Crippen molar-refractivity contribution in [1.82, 2.24) is 15.2 Å². The highest BCUT2D eigenvalue weighted by Crippen LogP contribution is 2.22. The quantitative estimate of drug-likeness (QED) is 0.806. The van der Waals surface area contributed by atoms with E-state index in [9.17, 15) is 13.2 Å². The number of hydrogen-bond donors (Lipinski definition) is 2.